The highest BCUT2D eigenvalue weighted by Gasteiger charge is 2.22. The van der Waals surface area contributed by atoms with Gasteiger partial charge in [-0.2, -0.15) is 5.26 Å². The topological polar surface area (TPSA) is 91.2 Å². The Morgan fingerprint density at radius 2 is 1.83 bits per heavy atom. The molecule has 2 N–H and O–H groups in total. The van der Waals surface area contributed by atoms with Crippen LogP contribution in [-0.2, 0) is 7.05 Å². The Hall–Kier alpha value is -3.04. The number of aromatic nitrogens is 2. The van der Waals surface area contributed by atoms with Gasteiger partial charge in [0.25, 0.3) is 0 Å². The Morgan fingerprint density at radius 1 is 1.17 bits per heavy atom. The second-order valence-electron chi connectivity index (χ2n) is 5.35. The van der Waals surface area contributed by atoms with E-state index in [4.69, 9.17) is 0 Å². The van der Waals surface area contributed by atoms with Crippen LogP contribution < -0.4 is 5.69 Å². The minimum Gasteiger partial charge on any atom is -0.493 e. The molecule has 23 heavy (non-hydrogen) atoms. The number of aliphatic hydroxyl groups excluding tert-OH is 1. The van der Waals surface area contributed by atoms with Gasteiger partial charge in [-0.1, -0.05) is 24.3 Å². The predicted molar refractivity (Wildman–Crippen MR) is 85.5 cm³/mol. The summed E-state index contributed by atoms with van der Waals surface area (Å²) < 4.78 is 2.36. The number of hydrogen-bond acceptors (Lipinski definition) is 4. The van der Waals surface area contributed by atoms with Crippen LogP contribution >= 0.6 is 0 Å². The number of nitriles is 1. The Kier molecular flexibility index (Phi) is 3.43. The maximum atomic E-state index is 12.5. The van der Waals surface area contributed by atoms with E-state index in [2.05, 4.69) is 6.07 Å². The molecule has 0 amide bonds. The summed E-state index contributed by atoms with van der Waals surface area (Å²) in [6.07, 6.45) is -0.987. The fraction of sp³-hybridized carbons (Fsp3) is 0.176. The Morgan fingerprint density at radius 3 is 2.39 bits per heavy atom. The molecule has 0 saturated carbocycles. The fourth-order valence-corrected chi connectivity index (χ4v) is 2.87. The van der Waals surface area contributed by atoms with Crippen LogP contribution in [0.1, 0.15) is 24.3 Å². The van der Waals surface area contributed by atoms with E-state index in [1.807, 2.05) is 6.07 Å². The Balaban J connectivity index is 2.43. The maximum Gasteiger partial charge on any atom is 0.335 e. The Labute approximate surface area is 132 Å². The van der Waals surface area contributed by atoms with Crippen LogP contribution in [0.25, 0.3) is 16.5 Å². The zero-order chi connectivity index (χ0) is 16.7. The van der Waals surface area contributed by atoms with Crippen LogP contribution in [0.5, 0.6) is 5.88 Å². The first-order valence-electron chi connectivity index (χ1n) is 7.08. The zero-order valence-corrected chi connectivity index (χ0v) is 12.7. The highest BCUT2D eigenvalue weighted by atomic mass is 16.3. The summed E-state index contributed by atoms with van der Waals surface area (Å²) in [5.74, 6) is -0.303. The molecule has 0 aliphatic rings. The van der Waals surface area contributed by atoms with Gasteiger partial charge in [0.1, 0.15) is 5.69 Å². The standard InChI is InChI=1S/C17H15N3O3/c1-10(21)15-16(22)20(17(23)19(15)2)14-8-7-11(9-18)12-5-3-4-6-13(12)14/h3-8,10,21-22H,1-2H3/t10-/m1/s1. The number of hydrogen-bond donors (Lipinski definition) is 2. The van der Waals surface area contributed by atoms with Gasteiger partial charge in [-0.15, -0.1) is 0 Å². The lowest BCUT2D eigenvalue weighted by atomic mass is 10.0. The second kappa shape index (κ2) is 5.30. The minimum atomic E-state index is -0.987. The summed E-state index contributed by atoms with van der Waals surface area (Å²) in [6.45, 7) is 1.48. The van der Waals surface area contributed by atoms with Crippen LogP contribution in [0.3, 0.4) is 0 Å². The lowest BCUT2D eigenvalue weighted by molar-refractivity contribution is 0.185. The molecule has 0 unspecified atom stereocenters. The van der Waals surface area contributed by atoms with Crippen molar-refractivity contribution >= 4 is 10.8 Å². The molecule has 0 aliphatic heterocycles. The smallest absolute Gasteiger partial charge is 0.335 e. The van der Waals surface area contributed by atoms with E-state index in [0.717, 1.165) is 4.57 Å². The van der Waals surface area contributed by atoms with Gasteiger partial charge >= 0.3 is 5.69 Å². The molecule has 6 nitrogen and oxygen atoms in total. The molecule has 6 heteroatoms. The zero-order valence-electron chi connectivity index (χ0n) is 12.7. The summed E-state index contributed by atoms with van der Waals surface area (Å²) in [5, 5.41) is 30.8. The summed E-state index contributed by atoms with van der Waals surface area (Å²) in [7, 11) is 1.49. The summed E-state index contributed by atoms with van der Waals surface area (Å²) >= 11 is 0. The normalized spacial score (nSPS) is 12.3. The number of aliphatic hydroxyl groups is 1. The molecule has 2 aromatic carbocycles. The second-order valence-corrected chi connectivity index (χ2v) is 5.35. The molecule has 0 aliphatic carbocycles. The van der Waals surface area contributed by atoms with E-state index < -0.39 is 11.8 Å². The van der Waals surface area contributed by atoms with Crippen molar-refractivity contribution in [1.29, 1.82) is 5.26 Å². The van der Waals surface area contributed by atoms with Crippen molar-refractivity contribution in [3.05, 3.63) is 58.1 Å². The molecule has 1 atom stereocenters. The first-order valence-corrected chi connectivity index (χ1v) is 7.08. The van der Waals surface area contributed by atoms with Crippen molar-refractivity contribution < 1.29 is 10.2 Å². The van der Waals surface area contributed by atoms with Gasteiger partial charge in [-0.3, -0.25) is 4.57 Å². The molecule has 0 fully saturated rings. The van der Waals surface area contributed by atoms with E-state index in [0.29, 0.717) is 22.0 Å². The van der Waals surface area contributed by atoms with Crippen molar-refractivity contribution in [3.8, 4) is 17.6 Å². The van der Waals surface area contributed by atoms with Crippen LogP contribution in [0.15, 0.2) is 41.2 Å². The SMILES string of the molecule is C[C@@H](O)c1c(O)n(-c2ccc(C#N)c3ccccc23)c(=O)n1C. The van der Waals surface area contributed by atoms with Crippen molar-refractivity contribution in [1.82, 2.24) is 9.13 Å². The van der Waals surface area contributed by atoms with Gasteiger partial charge < -0.3 is 10.2 Å². The summed E-state index contributed by atoms with van der Waals surface area (Å²) in [5.41, 5.74) is 0.630. The highest BCUT2D eigenvalue weighted by Crippen LogP contribution is 2.30. The van der Waals surface area contributed by atoms with Crippen LogP contribution in [-0.4, -0.2) is 19.3 Å². The molecule has 1 heterocycles. The molecule has 0 saturated heterocycles. The van der Waals surface area contributed by atoms with Crippen molar-refractivity contribution in [2.75, 3.05) is 0 Å². The van der Waals surface area contributed by atoms with Crippen molar-refractivity contribution in [3.63, 3.8) is 0 Å². The van der Waals surface area contributed by atoms with E-state index in [1.165, 1.54) is 18.5 Å². The monoisotopic (exact) mass is 309 g/mol. The van der Waals surface area contributed by atoms with Gasteiger partial charge in [-0.05, 0) is 19.1 Å². The first-order chi connectivity index (χ1) is 11.0. The third-order valence-corrected chi connectivity index (χ3v) is 3.94. The van der Waals surface area contributed by atoms with E-state index >= 15 is 0 Å². The van der Waals surface area contributed by atoms with Crippen LogP contribution in [0, 0.1) is 11.3 Å². The molecule has 0 bridgehead atoms. The Bertz CT molecular complexity index is 1010. The summed E-state index contributed by atoms with van der Waals surface area (Å²) in [4.78, 5) is 12.5. The molecule has 3 rings (SSSR count). The van der Waals surface area contributed by atoms with E-state index in [9.17, 15) is 20.3 Å². The maximum absolute atomic E-state index is 12.5. The number of imidazole rings is 1. The van der Waals surface area contributed by atoms with E-state index in [1.54, 1.807) is 30.3 Å². The third kappa shape index (κ3) is 2.10. The van der Waals surface area contributed by atoms with Gasteiger partial charge in [0.05, 0.1) is 23.4 Å². The predicted octanol–water partition coefficient (Wildman–Crippen LogP) is 1.96. The lowest BCUT2D eigenvalue weighted by Gasteiger charge is -2.09. The van der Waals surface area contributed by atoms with Crippen molar-refractivity contribution in [2.45, 2.75) is 13.0 Å². The molecule has 116 valence electrons. The minimum absolute atomic E-state index is 0.142. The van der Waals surface area contributed by atoms with Gasteiger partial charge in [0.15, 0.2) is 0 Å². The largest absolute Gasteiger partial charge is 0.493 e. The summed E-state index contributed by atoms with van der Waals surface area (Å²) in [6, 6.07) is 12.5. The van der Waals surface area contributed by atoms with Gasteiger partial charge in [-0.25, -0.2) is 9.36 Å². The average Bonchev–Trinajstić information content (AvgIpc) is 2.76. The van der Waals surface area contributed by atoms with E-state index in [-0.39, 0.29) is 11.6 Å². The lowest BCUT2D eigenvalue weighted by Crippen LogP contribution is -2.22. The highest BCUT2D eigenvalue weighted by molar-refractivity contribution is 5.94. The van der Waals surface area contributed by atoms with Gasteiger partial charge in [0, 0.05) is 17.8 Å². The van der Waals surface area contributed by atoms with Crippen LogP contribution in [0.2, 0.25) is 0 Å². The average molecular weight is 309 g/mol. The molecule has 0 radical (unpaired) electrons. The first kappa shape index (κ1) is 14.9. The molecular weight excluding hydrogens is 294 g/mol. The number of rotatable bonds is 2. The van der Waals surface area contributed by atoms with Gasteiger partial charge in [0.2, 0.25) is 5.88 Å². The molecular formula is C17H15N3O3. The molecule has 3 aromatic rings. The quantitative estimate of drug-likeness (QED) is 0.757. The van der Waals surface area contributed by atoms with Crippen molar-refractivity contribution in [2.24, 2.45) is 7.05 Å². The number of benzene rings is 2. The number of nitrogens with zero attached hydrogens (tertiary/aromatic N) is 3. The molecule has 1 aromatic heterocycles. The molecule has 0 spiro atoms. The third-order valence-electron chi connectivity index (χ3n) is 3.94. The number of fused-ring (bicyclic) bond motifs is 1. The van der Waals surface area contributed by atoms with Crippen LogP contribution in [0.4, 0.5) is 0 Å². The fourth-order valence-electron chi connectivity index (χ4n) is 2.87. The number of aromatic hydroxyl groups is 1.